The topological polar surface area (TPSA) is 28.2 Å². The first-order chi connectivity index (χ1) is 9.83. The second-order valence-electron chi connectivity index (χ2n) is 5.70. The number of aryl methyl sites for hydroxylation is 1. The van der Waals surface area contributed by atoms with Crippen molar-refractivity contribution in [3.63, 3.8) is 0 Å². The molecule has 3 nitrogen and oxygen atoms in total. The maximum Gasteiger partial charge on any atom is 0.0702 e. The zero-order valence-corrected chi connectivity index (χ0v) is 12.2. The van der Waals surface area contributed by atoms with E-state index in [-0.39, 0.29) is 0 Å². The summed E-state index contributed by atoms with van der Waals surface area (Å²) in [6.07, 6.45) is 4.23. The number of rotatable bonds is 4. The molecule has 0 saturated carbocycles. The first-order valence-corrected chi connectivity index (χ1v) is 7.61. The number of piperazine rings is 1. The van der Waals surface area contributed by atoms with Crippen LogP contribution in [-0.2, 0) is 6.42 Å². The Kier molecular flexibility index (Phi) is 4.28. The molecule has 20 heavy (non-hydrogen) atoms. The van der Waals surface area contributed by atoms with Gasteiger partial charge in [0.2, 0.25) is 0 Å². The number of pyridine rings is 1. The van der Waals surface area contributed by atoms with Crippen molar-refractivity contribution in [1.29, 1.82) is 0 Å². The summed E-state index contributed by atoms with van der Waals surface area (Å²) in [7, 11) is 0. The van der Waals surface area contributed by atoms with E-state index in [2.05, 4.69) is 46.4 Å². The number of fused-ring (bicyclic) bond motifs is 1. The summed E-state index contributed by atoms with van der Waals surface area (Å²) in [5, 5.41) is 4.66. The van der Waals surface area contributed by atoms with E-state index in [9.17, 15) is 0 Å². The maximum atomic E-state index is 4.38. The van der Waals surface area contributed by atoms with Crippen molar-refractivity contribution in [3.05, 3.63) is 42.1 Å². The van der Waals surface area contributed by atoms with Gasteiger partial charge in [0.05, 0.1) is 5.52 Å². The molecule has 2 heterocycles. The molecular formula is C17H23N3. The third-order valence-corrected chi connectivity index (χ3v) is 4.29. The van der Waals surface area contributed by atoms with Gasteiger partial charge in [0.25, 0.3) is 0 Å². The van der Waals surface area contributed by atoms with Gasteiger partial charge in [0.1, 0.15) is 0 Å². The van der Waals surface area contributed by atoms with Crippen LogP contribution in [0.5, 0.6) is 0 Å². The molecule has 106 valence electrons. The highest BCUT2D eigenvalue weighted by atomic mass is 15.2. The Morgan fingerprint density at radius 3 is 2.95 bits per heavy atom. The maximum absolute atomic E-state index is 4.38. The van der Waals surface area contributed by atoms with Crippen LogP contribution >= 0.6 is 0 Å². The zero-order chi connectivity index (χ0) is 13.8. The van der Waals surface area contributed by atoms with Crippen molar-refractivity contribution < 1.29 is 0 Å². The molecule has 0 bridgehead atoms. The summed E-state index contributed by atoms with van der Waals surface area (Å²) in [4.78, 5) is 6.97. The molecule has 0 radical (unpaired) electrons. The molecule has 0 amide bonds. The first-order valence-electron chi connectivity index (χ1n) is 7.61. The molecule has 1 saturated heterocycles. The standard InChI is InChI=1S/C17H23N3/c1-14(20-11-9-18-10-12-20)4-5-15-6-7-17-16(13-15)3-2-8-19-17/h2-3,6-8,13-14,18H,4-5,9-12H2,1H3. The lowest BCUT2D eigenvalue weighted by Gasteiger charge is -2.32. The van der Waals surface area contributed by atoms with Crippen LogP contribution in [0.15, 0.2) is 36.5 Å². The molecule has 1 aromatic heterocycles. The van der Waals surface area contributed by atoms with Crippen molar-refractivity contribution in [2.24, 2.45) is 0 Å². The summed E-state index contributed by atoms with van der Waals surface area (Å²) >= 11 is 0. The van der Waals surface area contributed by atoms with Gasteiger partial charge in [-0.1, -0.05) is 12.1 Å². The van der Waals surface area contributed by atoms with Gasteiger partial charge < -0.3 is 5.32 Å². The molecule has 1 atom stereocenters. The first kappa shape index (κ1) is 13.5. The van der Waals surface area contributed by atoms with Gasteiger partial charge in [0, 0.05) is 43.8 Å². The third-order valence-electron chi connectivity index (χ3n) is 4.29. The van der Waals surface area contributed by atoms with Crippen LogP contribution in [-0.4, -0.2) is 42.1 Å². The summed E-state index contributed by atoms with van der Waals surface area (Å²) in [6.45, 7) is 6.98. The molecule has 1 aliphatic heterocycles. The van der Waals surface area contributed by atoms with Gasteiger partial charge in [-0.05, 0) is 43.5 Å². The normalized spacial score (nSPS) is 18.2. The molecule has 1 N–H and O–H groups in total. The molecule has 1 aliphatic rings. The highest BCUT2D eigenvalue weighted by Gasteiger charge is 2.15. The van der Waals surface area contributed by atoms with Crippen LogP contribution in [0.4, 0.5) is 0 Å². The Morgan fingerprint density at radius 2 is 2.10 bits per heavy atom. The predicted octanol–water partition coefficient (Wildman–Crippen LogP) is 2.46. The molecule has 0 spiro atoms. The van der Waals surface area contributed by atoms with Gasteiger partial charge in [-0.3, -0.25) is 9.88 Å². The summed E-state index contributed by atoms with van der Waals surface area (Å²) in [5.41, 5.74) is 2.51. The number of nitrogens with zero attached hydrogens (tertiary/aromatic N) is 2. The average Bonchev–Trinajstić information content (AvgIpc) is 2.53. The Labute approximate surface area is 121 Å². The van der Waals surface area contributed by atoms with E-state index in [1.165, 1.54) is 30.5 Å². The predicted molar refractivity (Wildman–Crippen MR) is 84.0 cm³/mol. The molecular weight excluding hydrogens is 246 g/mol. The summed E-state index contributed by atoms with van der Waals surface area (Å²) in [6, 6.07) is 11.5. The minimum absolute atomic E-state index is 0.668. The average molecular weight is 269 g/mol. The van der Waals surface area contributed by atoms with Gasteiger partial charge in [0.15, 0.2) is 0 Å². The molecule has 1 fully saturated rings. The number of nitrogens with one attached hydrogen (secondary N) is 1. The Bertz CT molecular complexity index is 561. The molecule has 0 aliphatic carbocycles. The fraction of sp³-hybridized carbons (Fsp3) is 0.471. The second-order valence-corrected chi connectivity index (χ2v) is 5.70. The Balaban J connectivity index is 1.61. The van der Waals surface area contributed by atoms with E-state index in [0.29, 0.717) is 6.04 Å². The van der Waals surface area contributed by atoms with E-state index in [1.807, 2.05) is 12.3 Å². The van der Waals surface area contributed by atoms with Gasteiger partial charge in [-0.25, -0.2) is 0 Å². The highest BCUT2D eigenvalue weighted by Crippen LogP contribution is 2.16. The van der Waals surface area contributed by atoms with Crippen molar-refractivity contribution in [1.82, 2.24) is 15.2 Å². The van der Waals surface area contributed by atoms with Gasteiger partial charge in [-0.2, -0.15) is 0 Å². The van der Waals surface area contributed by atoms with Crippen LogP contribution in [0.3, 0.4) is 0 Å². The van der Waals surface area contributed by atoms with Crippen LogP contribution in [0, 0.1) is 0 Å². The molecule has 3 rings (SSSR count). The van der Waals surface area contributed by atoms with Crippen molar-refractivity contribution in [2.45, 2.75) is 25.8 Å². The van der Waals surface area contributed by atoms with E-state index >= 15 is 0 Å². The highest BCUT2D eigenvalue weighted by molar-refractivity contribution is 5.78. The lowest BCUT2D eigenvalue weighted by molar-refractivity contribution is 0.177. The summed E-state index contributed by atoms with van der Waals surface area (Å²) in [5.74, 6) is 0. The molecule has 1 unspecified atom stereocenters. The summed E-state index contributed by atoms with van der Waals surface area (Å²) < 4.78 is 0. The smallest absolute Gasteiger partial charge is 0.0702 e. The fourth-order valence-corrected chi connectivity index (χ4v) is 2.96. The number of benzene rings is 1. The monoisotopic (exact) mass is 269 g/mol. The van der Waals surface area contributed by atoms with Crippen LogP contribution in [0.1, 0.15) is 18.9 Å². The minimum Gasteiger partial charge on any atom is -0.314 e. The van der Waals surface area contributed by atoms with Crippen molar-refractivity contribution in [3.8, 4) is 0 Å². The van der Waals surface area contributed by atoms with Gasteiger partial charge in [-0.15, -0.1) is 0 Å². The van der Waals surface area contributed by atoms with E-state index in [4.69, 9.17) is 0 Å². The van der Waals surface area contributed by atoms with Crippen LogP contribution in [0.25, 0.3) is 10.9 Å². The Morgan fingerprint density at radius 1 is 1.25 bits per heavy atom. The van der Waals surface area contributed by atoms with Crippen molar-refractivity contribution in [2.75, 3.05) is 26.2 Å². The van der Waals surface area contributed by atoms with Crippen LogP contribution in [0.2, 0.25) is 0 Å². The van der Waals surface area contributed by atoms with E-state index in [1.54, 1.807) is 0 Å². The number of hydrogen-bond acceptors (Lipinski definition) is 3. The largest absolute Gasteiger partial charge is 0.314 e. The lowest BCUT2D eigenvalue weighted by atomic mass is 10.0. The van der Waals surface area contributed by atoms with E-state index in [0.717, 1.165) is 25.0 Å². The zero-order valence-electron chi connectivity index (χ0n) is 12.2. The van der Waals surface area contributed by atoms with Gasteiger partial charge >= 0.3 is 0 Å². The third kappa shape index (κ3) is 3.17. The molecule has 2 aromatic rings. The SMILES string of the molecule is CC(CCc1ccc2ncccc2c1)N1CCNCC1. The molecule has 1 aromatic carbocycles. The van der Waals surface area contributed by atoms with E-state index < -0.39 is 0 Å². The Hall–Kier alpha value is -1.45. The lowest BCUT2D eigenvalue weighted by Crippen LogP contribution is -2.47. The number of aromatic nitrogens is 1. The van der Waals surface area contributed by atoms with Crippen molar-refractivity contribution >= 4 is 10.9 Å². The number of hydrogen-bond donors (Lipinski definition) is 1. The quantitative estimate of drug-likeness (QED) is 0.924. The fourth-order valence-electron chi connectivity index (χ4n) is 2.96. The second kappa shape index (κ2) is 6.33. The molecule has 3 heteroatoms. The van der Waals surface area contributed by atoms with Crippen LogP contribution < -0.4 is 5.32 Å². The minimum atomic E-state index is 0.668.